The lowest BCUT2D eigenvalue weighted by molar-refractivity contribution is -0.153. The molecular weight excluding hydrogens is 363 g/mol. The number of esters is 1. The van der Waals surface area contributed by atoms with Gasteiger partial charge in [-0.3, -0.25) is 4.79 Å². The number of hydrogen-bond acceptors (Lipinski definition) is 4. The Kier molecular flexibility index (Phi) is 6.44. The third-order valence-corrected chi connectivity index (χ3v) is 3.48. The summed E-state index contributed by atoms with van der Waals surface area (Å²) in [5.74, 6) is -0.918. The van der Waals surface area contributed by atoms with Gasteiger partial charge in [-0.15, -0.1) is 0 Å². The van der Waals surface area contributed by atoms with Crippen molar-refractivity contribution in [3.63, 3.8) is 0 Å². The Hall–Kier alpha value is -3.03. The van der Waals surface area contributed by atoms with Crippen molar-refractivity contribution >= 4 is 17.6 Å². The zero-order valence-electron chi connectivity index (χ0n) is 14.7. The molecule has 1 N–H and O–H groups in total. The quantitative estimate of drug-likeness (QED) is 0.770. The number of hydrogen-bond donors (Lipinski definition) is 1. The number of amides is 1. The average molecular weight is 381 g/mol. The minimum Gasteiger partial charge on any atom is -0.479 e. The van der Waals surface area contributed by atoms with E-state index < -0.39 is 36.3 Å². The van der Waals surface area contributed by atoms with Crippen LogP contribution in [0, 0.1) is 6.92 Å². The van der Waals surface area contributed by atoms with Crippen molar-refractivity contribution in [3.05, 3.63) is 59.7 Å². The predicted octanol–water partition coefficient (Wildman–Crippen LogP) is 3.96. The Labute approximate surface area is 154 Å². The van der Waals surface area contributed by atoms with E-state index in [4.69, 9.17) is 9.47 Å². The molecule has 0 aliphatic carbocycles. The first-order valence-corrected chi connectivity index (χ1v) is 8.02. The van der Waals surface area contributed by atoms with Gasteiger partial charge in [0, 0.05) is 5.69 Å². The summed E-state index contributed by atoms with van der Waals surface area (Å²) < 4.78 is 47.8. The molecular formula is C19H18F3NO4. The normalized spacial score (nSPS) is 12.2. The van der Waals surface area contributed by atoms with E-state index in [1.807, 2.05) is 13.0 Å². The first kappa shape index (κ1) is 20.3. The molecule has 2 aromatic carbocycles. The molecule has 2 aromatic rings. The van der Waals surface area contributed by atoms with Crippen LogP contribution >= 0.6 is 0 Å². The fraction of sp³-hybridized carbons (Fsp3) is 0.263. The molecule has 0 spiro atoms. The molecule has 0 fully saturated rings. The summed E-state index contributed by atoms with van der Waals surface area (Å²) in [6.45, 7) is 2.78. The lowest BCUT2D eigenvalue weighted by atomic mass is 10.2. The van der Waals surface area contributed by atoms with Crippen LogP contribution in [-0.4, -0.2) is 24.6 Å². The van der Waals surface area contributed by atoms with E-state index >= 15 is 0 Å². The van der Waals surface area contributed by atoms with Gasteiger partial charge in [-0.05, 0) is 55.8 Å². The Bertz CT molecular complexity index is 803. The molecule has 0 radical (unpaired) electrons. The van der Waals surface area contributed by atoms with Crippen molar-refractivity contribution in [2.75, 3.05) is 11.9 Å². The van der Waals surface area contributed by atoms with Crippen LogP contribution in [0.5, 0.6) is 5.75 Å². The molecule has 1 atom stereocenters. The Morgan fingerprint density at radius 3 is 2.37 bits per heavy atom. The maximum atomic E-state index is 12.5. The van der Waals surface area contributed by atoms with Crippen LogP contribution in [0.3, 0.4) is 0 Å². The van der Waals surface area contributed by atoms with Crippen molar-refractivity contribution in [1.29, 1.82) is 0 Å². The SMILES string of the molecule is Cc1cccc(O[C@H](C)C(=O)OCC(=O)Nc2ccc(C(F)(F)F)cc2)c1. The lowest BCUT2D eigenvalue weighted by Crippen LogP contribution is -2.29. The molecule has 1 amide bonds. The third kappa shape index (κ3) is 6.32. The van der Waals surface area contributed by atoms with Crippen LogP contribution in [0.25, 0.3) is 0 Å². The van der Waals surface area contributed by atoms with Gasteiger partial charge < -0.3 is 14.8 Å². The van der Waals surface area contributed by atoms with Gasteiger partial charge in [-0.2, -0.15) is 13.2 Å². The summed E-state index contributed by atoms with van der Waals surface area (Å²) in [7, 11) is 0. The van der Waals surface area contributed by atoms with Gasteiger partial charge in [0.2, 0.25) is 0 Å². The fourth-order valence-electron chi connectivity index (χ4n) is 2.13. The molecule has 144 valence electrons. The summed E-state index contributed by atoms with van der Waals surface area (Å²) in [6, 6.07) is 11.0. The van der Waals surface area contributed by atoms with Gasteiger partial charge in [0.1, 0.15) is 5.75 Å². The van der Waals surface area contributed by atoms with E-state index in [1.54, 1.807) is 18.2 Å². The van der Waals surface area contributed by atoms with Crippen LogP contribution in [0.1, 0.15) is 18.1 Å². The number of benzene rings is 2. The maximum Gasteiger partial charge on any atom is 0.416 e. The first-order valence-electron chi connectivity index (χ1n) is 8.02. The van der Waals surface area contributed by atoms with Gasteiger partial charge >= 0.3 is 12.1 Å². The van der Waals surface area contributed by atoms with Crippen molar-refractivity contribution in [2.45, 2.75) is 26.1 Å². The monoisotopic (exact) mass is 381 g/mol. The van der Waals surface area contributed by atoms with E-state index in [1.165, 1.54) is 6.92 Å². The second-order valence-electron chi connectivity index (χ2n) is 5.81. The molecule has 0 aliphatic rings. The number of rotatable bonds is 6. The average Bonchev–Trinajstić information content (AvgIpc) is 2.59. The second kappa shape index (κ2) is 8.57. The number of ether oxygens (including phenoxy) is 2. The molecule has 0 saturated carbocycles. The smallest absolute Gasteiger partial charge is 0.416 e. The Morgan fingerprint density at radius 2 is 1.78 bits per heavy atom. The van der Waals surface area contributed by atoms with Crippen LogP contribution in [-0.2, 0) is 20.5 Å². The van der Waals surface area contributed by atoms with E-state index in [2.05, 4.69) is 5.32 Å². The lowest BCUT2D eigenvalue weighted by Gasteiger charge is -2.14. The minimum atomic E-state index is -4.45. The zero-order valence-corrected chi connectivity index (χ0v) is 14.7. The topological polar surface area (TPSA) is 64.6 Å². The maximum absolute atomic E-state index is 12.5. The number of carbonyl (C=O) groups is 2. The number of alkyl halides is 3. The highest BCUT2D eigenvalue weighted by Gasteiger charge is 2.30. The van der Waals surface area contributed by atoms with Gasteiger partial charge in [0.15, 0.2) is 12.7 Å². The fourth-order valence-corrected chi connectivity index (χ4v) is 2.13. The number of aryl methyl sites for hydroxylation is 1. The minimum absolute atomic E-state index is 0.160. The largest absolute Gasteiger partial charge is 0.479 e. The van der Waals surface area contributed by atoms with Crippen LogP contribution in [0.2, 0.25) is 0 Å². The van der Waals surface area contributed by atoms with Gasteiger partial charge in [0.05, 0.1) is 5.56 Å². The summed E-state index contributed by atoms with van der Waals surface area (Å²) in [6.07, 6.45) is -5.38. The van der Waals surface area contributed by atoms with E-state index in [9.17, 15) is 22.8 Å². The molecule has 2 rings (SSSR count). The molecule has 27 heavy (non-hydrogen) atoms. The molecule has 0 aliphatic heterocycles. The van der Waals surface area contributed by atoms with Gasteiger partial charge in [0.25, 0.3) is 5.91 Å². The van der Waals surface area contributed by atoms with E-state index in [0.717, 1.165) is 29.8 Å². The second-order valence-corrected chi connectivity index (χ2v) is 5.81. The van der Waals surface area contributed by atoms with Gasteiger partial charge in [-0.1, -0.05) is 12.1 Å². The number of carbonyl (C=O) groups excluding carboxylic acids is 2. The van der Waals surface area contributed by atoms with Crippen LogP contribution in [0.15, 0.2) is 48.5 Å². The molecule has 0 unspecified atom stereocenters. The Morgan fingerprint density at radius 1 is 1.11 bits per heavy atom. The molecule has 0 saturated heterocycles. The first-order chi connectivity index (χ1) is 12.6. The predicted molar refractivity (Wildman–Crippen MR) is 92.3 cm³/mol. The van der Waals surface area contributed by atoms with Crippen molar-refractivity contribution < 1.29 is 32.2 Å². The molecule has 0 heterocycles. The Balaban J connectivity index is 1.81. The molecule has 8 heteroatoms. The van der Waals surface area contributed by atoms with Crippen LogP contribution < -0.4 is 10.1 Å². The van der Waals surface area contributed by atoms with Crippen LogP contribution in [0.4, 0.5) is 18.9 Å². The zero-order chi connectivity index (χ0) is 20.0. The summed E-state index contributed by atoms with van der Waals surface area (Å²) >= 11 is 0. The highest BCUT2D eigenvalue weighted by molar-refractivity contribution is 5.93. The summed E-state index contributed by atoms with van der Waals surface area (Å²) in [5.41, 5.74) is 0.297. The standard InChI is InChI=1S/C19H18F3NO4/c1-12-4-3-5-16(10-12)27-13(2)18(25)26-11-17(24)23-15-8-6-14(7-9-15)19(20,21)22/h3-10,13H,11H2,1-2H3,(H,23,24)/t13-/m1/s1. The number of nitrogens with one attached hydrogen (secondary N) is 1. The molecule has 5 nitrogen and oxygen atoms in total. The number of anilines is 1. The van der Waals surface area contributed by atoms with E-state index in [-0.39, 0.29) is 5.69 Å². The third-order valence-electron chi connectivity index (χ3n) is 3.48. The number of halogens is 3. The highest BCUT2D eigenvalue weighted by Crippen LogP contribution is 2.29. The summed E-state index contributed by atoms with van der Waals surface area (Å²) in [5, 5.41) is 2.35. The van der Waals surface area contributed by atoms with Crippen molar-refractivity contribution in [1.82, 2.24) is 0 Å². The van der Waals surface area contributed by atoms with Crippen molar-refractivity contribution in [2.24, 2.45) is 0 Å². The molecule has 0 bridgehead atoms. The summed E-state index contributed by atoms with van der Waals surface area (Å²) in [4.78, 5) is 23.7. The van der Waals surface area contributed by atoms with Crippen molar-refractivity contribution in [3.8, 4) is 5.75 Å². The highest BCUT2D eigenvalue weighted by atomic mass is 19.4. The van der Waals surface area contributed by atoms with Gasteiger partial charge in [-0.25, -0.2) is 4.79 Å². The van der Waals surface area contributed by atoms with E-state index in [0.29, 0.717) is 5.75 Å². The molecule has 0 aromatic heterocycles.